The van der Waals surface area contributed by atoms with Gasteiger partial charge >= 0.3 is 8.80 Å². The van der Waals surface area contributed by atoms with Crippen LogP contribution in [0.1, 0.15) is 20.8 Å². The van der Waals surface area contributed by atoms with E-state index in [2.05, 4.69) is 0 Å². The summed E-state index contributed by atoms with van der Waals surface area (Å²) in [5.41, 5.74) is 0. The molecule has 0 heterocycles. The van der Waals surface area contributed by atoms with E-state index in [1.54, 1.807) is 0 Å². The Hall–Kier alpha value is -2.22. The first-order chi connectivity index (χ1) is 9.25. The Morgan fingerprint density at radius 1 is 0.850 bits per heavy atom. The van der Waals surface area contributed by atoms with Crippen molar-refractivity contribution in [2.24, 2.45) is 0 Å². The van der Waals surface area contributed by atoms with Gasteiger partial charge in [0.15, 0.2) is 0 Å². The highest BCUT2D eigenvalue weighted by Crippen LogP contribution is 2.13. The second-order valence-corrected chi connectivity index (χ2v) is 6.15. The van der Waals surface area contributed by atoms with Crippen molar-refractivity contribution in [3.63, 3.8) is 0 Å². The Balaban J connectivity index is 3.32. The maximum atomic E-state index is 13.0. The predicted octanol–water partition coefficient (Wildman–Crippen LogP) is 0.661. The molecule has 0 saturated carbocycles. The molecule has 108 valence electrons. The Morgan fingerprint density at radius 3 is 1.50 bits per heavy atom. The van der Waals surface area contributed by atoms with Crippen molar-refractivity contribution in [1.29, 1.82) is 0 Å². The van der Waals surface area contributed by atoms with Gasteiger partial charge in [-0.15, -0.1) is 0 Å². The van der Waals surface area contributed by atoms with Crippen LogP contribution in [0, 0.1) is 5.82 Å². The average molecular weight is 300 g/mol. The standard InChI is InChI=1S/C12H13FO6Si/c1-8(14)17-20(18-9(2)15,19-10(3)16)12-6-4-11(13)5-7-12/h4-7H,1-3H3. The molecule has 0 amide bonds. The number of hydrogen-bond donors (Lipinski definition) is 0. The van der Waals surface area contributed by atoms with Gasteiger partial charge < -0.3 is 13.3 Å². The molecule has 0 saturated heterocycles. The zero-order chi connectivity index (χ0) is 15.3. The Bertz CT molecular complexity index is 486. The Labute approximate surface area is 115 Å². The van der Waals surface area contributed by atoms with Gasteiger partial charge in [0, 0.05) is 20.8 Å². The van der Waals surface area contributed by atoms with E-state index in [0.29, 0.717) is 0 Å². The Kier molecular flexibility index (Phi) is 4.98. The monoisotopic (exact) mass is 300 g/mol. The minimum atomic E-state index is -4.10. The lowest BCUT2D eigenvalue weighted by molar-refractivity contribution is -0.146. The van der Waals surface area contributed by atoms with Gasteiger partial charge in [0.05, 0.1) is 5.19 Å². The molecule has 0 atom stereocenters. The van der Waals surface area contributed by atoms with Gasteiger partial charge in [-0.05, 0) is 24.3 Å². The highest BCUT2D eigenvalue weighted by atomic mass is 28.4. The van der Waals surface area contributed by atoms with Crippen LogP contribution in [-0.2, 0) is 27.7 Å². The number of carbonyl (C=O) groups is 3. The molecule has 0 radical (unpaired) electrons. The van der Waals surface area contributed by atoms with E-state index in [1.807, 2.05) is 0 Å². The predicted molar refractivity (Wildman–Crippen MR) is 67.1 cm³/mol. The van der Waals surface area contributed by atoms with E-state index < -0.39 is 32.5 Å². The topological polar surface area (TPSA) is 78.9 Å². The maximum absolute atomic E-state index is 13.0. The molecule has 0 spiro atoms. The van der Waals surface area contributed by atoms with Crippen molar-refractivity contribution >= 4 is 31.9 Å². The van der Waals surface area contributed by atoms with Crippen LogP contribution in [0.4, 0.5) is 4.39 Å². The van der Waals surface area contributed by atoms with Gasteiger partial charge in [0.25, 0.3) is 17.9 Å². The van der Waals surface area contributed by atoms with Gasteiger partial charge in [-0.2, -0.15) is 0 Å². The van der Waals surface area contributed by atoms with Crippen LogP contribution >= 0.6 is 0 Å². The second kappa shape index (κ2) is 6.28. The lowest BCUT2D eigenvalue weighted by atomic mass is 10.3. The minimum absolute atomic E-state index is 0.125. The molecule has 0 aliphatic rings. The smallest absolute Gasteiger partial charge is 0.452 e. The second-order valence-electron chi connectivity index (χ2n) is 3.84. The number of carbonyl (C=O) groups excluding carboxylic acids is 3. The molecule has 0 bridgehead atoms. The number of halogens is 1. The van der Waals surface area contributed by atoms with Crippen molar-refractivity contribution in [3.05, 3.63) is 30.1 Å². The molecule has 1 aromatic carbocycles. The van der Waals surface area contributed by atoms with E-state index in [1.165, 1.54) is 12.1 Å². The van der Waals surface area contributed by atoms with E-state index in [9.17, 15) is 18.8 Å². The van der Waals surface area contributed by atoms with E-state index >= 15 is 0 Å². The SMILES string of the molecule is CC(=O)O[Si](OC(C)=O)(OC(C)=O)c1ccc(F)cc1. The fourth-order valence-corrected chi connectivity index (χ4v) is 3.65. The fraction of sp³-hybridized carbons (Fsp3) is 0.250. The summed E-state index contributed by atoms with van der Waals surface area (Å²) in [4.78, 5) is 33.7. The largest absolute Gasteiger partial charge is 0.742 e. The van der Waals surface area contributed by atoms with Crippen LogP contribution in [0.25, 0.3) is 0 Å². The zero-order valence-corrected chi connectivity index (χ0v) is 12.1. The molecule has 0 unspecified atom stereocenters. The van der Waals surface area contributed by atoms with Crippen LogP contribution in [0.3, 0.4) is 0 Å². The quantitative estimate of drug-likeness (QED) is 0.760. The molecule has 6 nitrogen and oxygen atoms in total. The van der Waals surface area contributed by atoms with Gasteiger partial charge in [-0.25, -0.2) is 4.39 Å². The molecule has 0 aliphatic carbocycles. The highest BCUT2D eigenvalue weighted by Gasteiger charge is 2.54. The average Bonchev–Trinajstić information content (AvgIpc) is 2.26. The summed E-state index contributed by atoms with van der Waals surface area (Å²) in [6.07, 6.45) is 0. The molecule has 0 fully saturated rings. The van der Waals surface area contributed by atoms with Crippen molar-refractivity contribution in [2.45, 2.75) is 20.8 Å². The lowest BCUT2D eigenvalue weighted by Crippen LogP contribution is -2.59. The normalized spacial score (nSPS) is 10.6. The van der Waals surface area contributed by atoms with E-state index in [4.69, 9.17) is 13.3 Å². The van der Waals surface area contributed by atoms with Gasteiger partial charge in [0.2, 0.25) is 0 Å². The molecule has 8 heteroatoms. The van der Waals surface area contributed by atoms with Crippen molar-refractivity contribution < 1.29 is 32.1 Å². The van der Waals surface area contributed by atoms with E-state index in [-0.39, 0.29) is 5.19 Å². The summed E-state index contributed by atoms with van der Waals surface area (Å²) in [6, 6.07) is 4.62. The molecule has 0 aliphatic heterocycles. The third-order valence-electron chi connectivity index (χ3n) is 2.03. The molecule has 1 aromatic rings. The van der Waals surface area contributed by atoms with Crippen molar-refractivity contribution in [3.8, 4) is 0 Å². The number of rotatable bonds is 4. The maximum Gasteiger partial charge on any atom is 0.742 e. The molecular weight excluding hydrogens is 287 g/mol. The van der Waals surface area contributed by atoms with E-state index in [0.717, 1.165) is 32.9 Å². The summed E-state index contributed by atoms with van der Waals surface area (Å²) in [6.45, 7) is 3.24. The summed E-state index contributed by atoms with van der Waals surface area (Å²) in [7, 11) is -4.10. The molecular formula is C12H13FO6Si. The first-order valence-electron chi connectivity index (χ1n) is 5.60. The number of hydrogen-bond acceptors (Lipinski definition) is 6. The Morgan fingerprint density at radius 2 is 1.20 bits per heavy atom. The van der Waals surface area contributed by atoms with Crippen LogP contribution in [0.15, 0.2) is 24.3 Å². The first kappa shape index (κ1) is 15.8. The van der Waals surface area contributed by atoms with Gasteiger partial charge in [-0.3, -0.25) is 14.4 Å². The third kappa shape index (κ3) is 4.16. The van der Waals surface area contributed by atoms with Gasteiger partial charge in [0.1, 0.15) is 5.82 Å². The molecule has 0 N–H and O–H groups in total. The van der Waals surface area contributed by atoms with Crippen LogP contribution < -0.4 is 5.19 Å². The van der Waals surface area contributed by atoms with Gasteiger partial charge in [-0.1, -0.05) is 0 Å². The number of benzene rings is 1. The summed E-state index contributed by atoms with van der Waals surface area (Å²) < 4.78 is 27.9. The van der Waals surface area contributed by atoms with Crippen LogP contribution in [0.5, 0.6) is 0 Å². The molecule has 0 aromatic heterocycles. The van der Waals surface area contributed by atoms with Crippen molar-refractivity contribution in [2.75, 3.05) is 0 Å². The summed E-state index contributed by atoms with van der Waals surface area (Å²) in [5.74, 6) is -2.90. The highest BCUT2D eigenvalue weighted by molar-refractivity contribution is 6.79. The third-order valence-corrected chi connectivity index (χ3v) is 4.74. The molecule has 20 heavy (non-hydrogen) atoms. The van der Waals surface area contributed by atoms with Crippen LogP contribution in [-0.4, -0.2) is 26.7 Å². The van der Waals surface area contributed by atoms with Crippen LogP contribution in [0.2, 0.25) is 0 Å². The zero-order valence-electron chi connectivity index (χ0n) is 11.1. The summed E-state index contributed by atoms with van der Waals surface area (Å²) in [5, 5.41) is 0.125. The molecule has 1 rings (SSSR count). The van der Waals surface area contributed by atoms with Crippen molar-refractivity contribution in [1.82, 2.24) is 0 Å². The first-order valence-corrected chi connectivity index (χ1v) is 7.32. The lowest BCUT2D eigenvalue weighted by Gasteiger charge is -2.26. The summed E-state index contributed by atoms with van der Waals surface area (Å²) >= 11 is 0. The fourth-order valence-electron chi connectivity index (χ4n) is 1.46. The minimum Gasteiger partial charge on any atom is -0.452 e.